The summed E-state index contributed by atoms with van der Waals surface area (Å²) in [6.07, 6.45) is 1.69. The van der Waals surface area contributed by atoms with Crippen LogP contribution >= 0.6 is 0 Å². The summed E-state index contributed by atoms with van der Waals surface area (Å²) in [5, 5.41) is 3.84. The first-order valence-corrected chi connectivity index (χ1v) is 6.87. The van der Waals surface area contributed by atoms with Crippen molar-refractivity contribution in [3.8, 4) is 0 Å². The second-order valence-corrected chi connectivity index (χ2v) is 4.95. The number of benzene rings is 1. The zero-order valence-electron chi connectivity index (χ0n) is 11.9. The molecule has 0 radical (unpaired) electrons. The maximum Gasteiger partial charge on any atom is 0.240 e. The molecule has 0 aliphatic rings. The molecule has 0 amide bonds. The molecule has 108 valence electrons. The molecule has 0 aliphatic carbocycles. The van der Waals surface area contributed by atoms with Crippen molar-refractivity contribution in [2.75, 3.05) is 0 Å². The fourth-order valence-corrected chi connectivity index (χ4v) is 2.23. The number of nitrogens with zero attached hydrogens (tertiary/aromatic N) is 3. The van der Waals surface area contributed by atoms with E-state index in [2.05, 4.69) is 27.2 Å². The molecule has 2 heterocycles. The molecule has 0 saturated heterocycles. The molecule has 0 aliphatic heterocycles. The fourth-order valence-electron chi connectivity index (χ4n) is 2.23. The molecule has 1 aromatic carbocycles. The quantitative estimate of drug-likeness (QED) is 0.695. The lowest BCUT2D eigenvalue weighted by molar-refractivity contribution is 0.196. The summed E-state index contributed by atoms with van der Waals surface area (Å²) in [6.45, 7) is 3.91. The van der Waals surface area contributed by atoms with Gasteiger partial charge in [-0.1, -0.05) is 35.5 Å². The number of aromatic nitrogens is 2. The van der Waals surface area contributed by atoms with Crippen molar-refractivity contribution in [3.63, 3.8) is 0 Å². The van der Waals surface area contributed by atoms with E-state index in [1.807, 2.05) is 37.3 Å². The van der Waals surface area contributed by atoms with Crippen LogP contribution in [0.2, 0.25) is 0 Å². The number of hydrogen-bond donors (Lipinski definition) is 0. The Morgan fingerprint density at radius 3 is 2.52 bits per heavy atom. The Kier molecular flexibility index (Phi) is 4.12. The van der Waals surface area contributed by atoms with Crippen molar-refractivity contribution in [3.05, 3.63) is 71.8 Å². The van der Waals surface area contributed by atoms with Crippen LogP contribution < -0.4 is 0 Å². The number of rotatable bonds is 6. The Hall–Kier alpha value is -2.40. The largest absolute Gasteiger partial charge is 0.468 e. The topological polar surface area (TPSA) is 55.3 Å². The SMILES string of the molecule is Cc1noc(CN(Cc2ccccc2)Cc2ccco2)n1. The smallest absolute Gasteiger partial charge is 0.240 e. The number of furan rings is 1. The Balaban J connectivity index is 1.73. The van der Waals surface area contributed by atoms with Gasteiger partial charge in [-0.3, -0.25) is 4.90 Å². The van der Waals surface area contributed by atoms with Gasteiger partial charge < -0.3 is 8.94 Å². The van der Waals surface area contributed by atoms with Crippen LogP contribution in [-0.4, -0.2) is 15.0 Å². The lowest BCUT2D eigenvalue weighted by atomic mass is 10.2. The molecule has 0 atom stereocenters. The van der Waals surface area contributed by atoms with Crippen LogP contribution in [0.1, 0.15) is 23.0 Å². The number of aryl methyl sites for hydroxylation is 1. The Bertz CT molecular complexity index is 662. The summed E-state index contributed by atoms with van der Waals surface area (Å²) >= 11 is 0. The average Bonchev–Trinajstić information content (AvgIpc) is 3.12. The highest BCUT2D eigenvalue weighted by Gasteiger charge is 2.13. The van der Waals surface area contributed by atoms with Gasteiger partial charge in [0.05, 0.1) is 19.4 Å². The minimum atomic E-state index is 0.594. The van der Waals surface area contributed by atoms with Crippen LogP contribution in [0.25, 0.3) is 0 Å². The van der Waals surface area contributed by atoms with Crippen LogP contribution in [0, 0.1) is 6.92 Å². The maximum atomic E-state index is 5.44. The Morgan fingerprint density at radius 1 is 1.00 bits per heavy atom. The molecule has 0 N–H and O–H groups in total. The summed E-state index contributed by atoms with van der Waals surface area (Å²) < 4.78 is 10.7. The molecule has 3 aromatic rings. The van der Waals surface area contributed by atoms with E-state index in [9.17, 15) is 0 Å². The van der Waals surface area contributed by atoms with E-state index in [-0.39, 0.29) is 0 Å². The van der Waals surface area contributed by atoms with Gasteiger partial charge in [0.25, 0.3) is 0 Å². The highest BCUT2D eigenvalue weighted by molar-refractivity contribution is 5.14. The van der Waals surface area contributed by atoms with E-state index in [0.29, 0.717) is 24.8 Å². The molecule has 21 heavy (non-hydrogen) atoms. The summed E-state index contributed by atoms with van der Waals surface area (Å²) in [5.41, 5.74) is 1.24. The summed E-state index contributed by atoms with van der Waals surface area (Å²) in [4.78, 5) is 6.48. The summed E-state index contributed by atoms with van der Waals surface area (Å²) in [5.74, 6) is 2.19. The van der Waals surface area contributed by atoms with Crippen molar-refractivity contribution in [1.82, 2.24) is 15.0 Å². The van der Waals surface area contributed by atoms with E-state index in [1.165, 1.54) is 5.56 Å². The van der Waals surface area contributed by atoms with Crippen molar-refractivity contribution in [2.24, 2.45) is 0 Å². The molecule has 5 nitrogen and oxygen atoms in total. The molecule has 2 aromatic heterocycles. The molecule has 3 rings (SSSR count). The van der Waals surface area contributed by atoms with Crippen molar-refractivity contribution in [2.45, 2.75) is 26.6 Å². The zero-order chi connectivity index (χ0) is 14.5. The van der Waals surface area contributed by atoms with E-state index in [4.69, 9.17) is 8.94 Å². The molecule has 0 bridgehead atoms. The van der Waals surface area contributed by atoms with E-state index >= 15 is 0 Å². The maximum absolute atomic E-state index is 5.44. The second-order valence-electron chi connectivity index (χ2n) is 4.95. The van der Waals surface area contributed by atoms with Gasteiger partial charge in [0.15, 0.2) is 5.82 Å². The van der Waals surface area contributed by atoms with Crippen LogP contribution in [0.15, 0.2) is 57.7 Å². The third-order valence-corrected chi connectivity index (χ3v) is 3.14. The normalized spacial score (nSPS) is 11.1. The summed E-state index contributed by atoms with van der Waals surface area (Å²) in [6, 6.07) is 14.2. The lowest BCUT2D eigenvalue weighted by Crippen LogP contribution is -2.22. The van der Waals surface area contributed by atoms with Crippen molar-refractivity contribution in [1.29, 1.82) is 0 Å². The third-order valence-electron chi connectivity index (χ3n) is 3.14. The molecule has 5 heteroatoms. The van der Waals surface area contributed by atoms with Gasteiger partial charge in [-0.15, -0.1) is 0 Å². The zero-order valence-corrected chi connectivity index (χ0v) is 11.9. The van der Waals surface area contributed by atoms with Crippen LogP contribution in [0.5, 0.6) is 0 Å². The predicted molar refractivity (Wildman–Crippen MR) is 77.1 cm³/mol. The van der Waals surface area contributed by atoms with Crippen LogP contribution in [-0.2, 0) is 19.6 Å². The summed E-state index contributed by atoms with van der Waals surface area (Å²) in [7, 11) is 0. The first-order valence-electron chi connectivity index (χ1n) is 6.87. The molecule has 0 fully saturated rings. The van der Waals surface area contributed by atoms with Gasteiger partial charge in [-0.2, -0.15) is 4.98 Å². The standard InChI is InChI=1S/C16H17N3O2/c1-13-17-16(21-18-13)12-19(11-15-8-5-9-20-15)10-14-6-3-2-4-7-14/h2-9H,10-12H2,1H3. The molecule has 0 unspecified atom stereocenters. The molecular formula is C16H17N3O2. The minimum Gasteiger partial charge on any atom is -0.468 e. The van der Waals surface area contributed by atoms with E-state index in [0.717, 1.165) is 12.3 Å². The average molecular weight is 283 g/mol. The van der Waals surface area contributed by atoms with Crippen molar-refractivity contribution < 1.29 is 8.94 Å². The molecule has 0 spiro atoms. The van der Waals surface area contributed by atoms with Gasteiger partial charge in [0.2, 0.25) is 5.89 Å². The Labute approximate surface area is 123 Å². The van der Waals surface area contributed by atoms with Gasteiger partial charge in [-0.05, 0) is 24.6 Å². The lowest BCUT2D eigenvalue weighted by Gasteiger charge is -2.19. The minimum absolute atomic E-state index is 0.594. The Morgan fingerprint density at radius 2 is 1.86 bits per heavy atom. The highest BCUT2D eigenvalue weighted by atomic mass is 16.5. The first-order chi connectivity index (χ1) is 10.3. The van der Waals surface area contributed by atoms with Gasteiger partial charge in [-0.25, -0.2) is 0 Å². The monoisotopic (exact) mass is 283 g/mol. The fraction of sp³-hybridized carbons (Fsp3) is 0.250. The molecule has 0 saturated carbocycles. The van der Waals surface area contributed by atoms with E-state index < -0.39 is 0 Å². The number of hydrogen-bond acceptors (Lipinski definition) is 5. The van der Waals surface area contributed by atoms with Gasteiger partial charge in [0.1, 0.15) is 5.76 Å². The highest BCUT2D eigenvalue weighted by Crippen LogP contribution is 2.13. The van der Waals surface area contributed by atoms with Crippen LogP contribution in [0.4, 0.5) is 0 Å². The van der Waals surface area contributed by atoms with Crippen molar-refractivity contribution >= 4 is 0 Å². The molecular weight excluding hydrogens is 266 g/mol. The second kappa shape index (κ2) is 6.37. The van der Waals surface area contributed by atoms with Crippen LogP contribution in [0.3, 0.4) is 0 Å². The third kappa shape index (κ3) is 3.79. The predicted octanol–water partition coefficient (Wildman–Crippen LogP) is 3.17. The first kappa shape index (κ1) is 13.6. The van der Waals surface area contributed by atoms with Gasteiger partial charge >= 0.3 is 0 Å². The van der Waals surface area contributed by atoms with Gasteiger partial charge in [0, 0.05) is 6.54 Å². The van der Waals surface area contributed by atoms with E-state index in [1.54, 1.807) is 6.26 Å².